The van der Waals surface area contributed by atoms with E-state index in [4.69, 9.17) is 21.5 Å². The normalized spacial score (nSPS) is 9.91. The number of pyridine rings is 2. The molecule has 2 aromatic heterocycles. The van der Waals surface area contributed by atoms with Crippen LogP contribution in [-0.2, 0) is 0 Å². The largest absolute Gasteiger partial charge is 0.465 e. The van der Waals surface area contributed by atoms with E-state index in [1.54, 1.807) is 6.20 Å². The van der Waals surface area contributed by atoms with Crippen molar-refractivity contribution in [1.82, 2.24) is 9.97 Å². The number of rotatable bonds is 1. The number of hydrogen-bond donors (Lipinski definition) is 2. The molecule has 0 aliphatic carbocycles. The molecule has 112 valence electrons. The van der Waals surface area contributed by atoms with E-state index < -0.39 is 6.09 Å². The molecule has 0 unspecified atom stereocenters. The number of halogens is 1. The number of fused-ring (bicyclic) bond motifs is 1. The number of amides is 1. The third kappa shape index (κ3) is 3.93. The predicted molar refractivity (Wildman–Crippen MR) is 86.9 cm³/mol. The zero-order valence-electron chi connectivity index (χ0n) is 11.8. The van der Waals surface area contributed by atoms with E-state index in [-0.39, 0.29) is 0 Å². The topological polar surface area (TPSA) is 89.1 Å². The van der Waals surface area contributed by atoms with Crippen molar-refractivity contribution in [2.24, 2.45) is 5.73 Å². The number of aromatic nitrogens is 2. The molecule has 3 aromatic rings. The van der Waals surface area contributed by atoms with Crippen LogP contribution in [0.3, 0.4) is 0 Å². The Kier molecular flexibility index (Phi) is 4.91. The molecule has 3 N–H and O–H groups in total. The number of nitrogens with two attached hydrogens (primary N) is 1. The van der Waals surface area contributed by atoms with Crippen LogP contribution in [0, 0.1) is 6.92 Å². The first-order valence-corrected chi connectivity index (χ1v) is 6.81. The summed E-state index contributed by atoms with van der Waals surface area (Å²) >= 11 is 6.06. The number of carbonyl (C=O) groups is 1. The van der Waals surface area contributed by atoms with Gasteiger partial charge in [0, 0.05) is 28.4 Å². The molecule has 0 saturated carbocycles. The van der Waals surface area contributed by atoms with Gasteiger partial charge in [-0.15, -0.1) is 0 Å². The lowest BCUT2D eigenvalue weighted by Crippen LogP contribution is -2.03. The van der Waals surface area contributed by atoms with Crippen LogP contribution >= 0.6 is 11.6 Å². The molecule has 1 aromatic carbocycles. The lowest BCUT2D eigenvalue weighted by molar-refractivity contribution is 0.205. The lowest BCUT2D eigenvalue weighted by Gasteiger charge is -2.06. The van der Waals surface area contributed by atoms with Gasteiger partial charge in [-0.1, -0.05) is 11.6 Å². The van der Waals surface area contributed by atoms with Gasteiger partial charge < -0.3 is 10.8 Å². The molecule has 0 spiro atoms. The molecule has 5 nitrogen and oxygen atoms in total. The molecule has 0 atom stereocenters. The maximum absolute atomic E-state index is 8.78. The van der Waals surface area contributed by atoms with Gasteiger partial charge in [-0.3, -0.25) is 9.97 Å². The zero-order chi connectivity index (χ0) is 16.1. The molecule has 3 rings (SSSR count). The number of carboxylic acid groups (broad SMARTS) is 1. The number of nitrogens with zero attached hydrogens (tertiary/aromatic N) is 2. The summed E-state index contributed by atoms with van der Waals surface area (Å²) in [6.45, 7) is 2.06. The average molecular weight is 316 g/mol. The van der Waals surface area contributed by atoms with E-state index in [9.17, 15) is 0 Å². The first-order valence-electron chi connectivity index (χ1n) is 6.43. The standard InChI is InChI=1S/C15H11ClN2.CH3NO2/c1-10-4-6-18-15(8-10)12-5-7-17-14-3-2-11(16)9-13(12)14;2-1(3)4/h2-9H,1H3;2H2,(H,3,4). The van der Waals surface area contributed by atoms with E-state index in [2.05, 4.69) is 28.7 Å². The van der Waals surface area contributed by atoms with Crippen LogP contribution in [0.15, 0.2) is 48.8 Å². The fraction of sp³-hybridized carbons (Fsp3) is 0.0625. The first-order chi connectivity index (χ1) is 10.5. The van der Waals surface area contributed by atoms with Crippen LogP contribution < -0.4 is 5.73 Å². The first kappa shape index (κ1) is 15.7. The van der Waals surface area contributed by atoms with Gasteiger partial charge >= 0.3 is 6.09 Å². The third-order valence-electron chi connectivity index (χ3n) is 2.89. The molecule has 0 bridgehead atoms. The highest BCUT2D eigenvalue weighted by atomic mass is 35.5. The van der Waals surface area contributed by atoms with Crippen LogP contribution in [0.5, 0.6) is 0 Å². The summed E-state index contributed by atoms with van der Waals surface area (Å²) in [7, 11) is 0. The van der Waals surface area contributed by atoms with Crippen molar-refractivity contribution in [2.45, 2.75) is 6.92 Å². The molecule has 1 amide bonds. The second kappa shape index (κ2) is 6.87. The van der Waals surface area contributed by atoms with Crippen molar-refractivity contribution in [3.63, 3.8) is 0 Å². The highest BCUT2D eigenvalue weighted by Gasteiger charge is 2.06. The van der Waals surface area contributed by atoms with Crippen LogP contribution in [0.4, 0.5) is 4.79 Å². The Bertz CT molecular complexity index is 817. The monoisotopic (exact) mass is 315 g/mol. The summed E-state index contributed by atoms with van der Waals surface area (Å²) in [6.07, 6.45) is 2.29. The zero-order valence-corrected chi connectivity index (χ0v) is 12.6. The van der Waals surface area contributed by atoms with E-state index in [1.165, 1.54) is 5.56 Å². The second-order valence-corrected chi connectivity index (χ2v) is 5.01. The minimum atomic E-state index is -1.33. The Labute approximate surface area is 132 Å². The van der Waals surface area contributed by atoms with Gasteiger partial charge in [-0.05, 0) is 48.9 Å². The van der Waals surface area contributed by atoms with Gasteiger partial charge in [0.1, 0.15) is 0 Å². The number of benzene rings is 1. The van der Waals surface area contributed by atoms with Crippen molar-refractivity contribution in [2.75, 3.05) is 0 Å². The van der Waals surface area contributed by atoms with Gasteiger partial charge in [-0.25, -0.2) is 4.79 Å². The average Bonchev–Trinajstić information content (AvgIpc) is 2.46. The summed E-state index contributed by atoms with van der Waals surface area (Å²) in [5, 5.41) is 8.94. The van der Waals surface area contributed by atoms with Gasteiger partial charge in [0.25, 0.3) is 0 Å². The summed E-state index contributed by atoms with van der Waals surface area (Å²) in [5.74, 6) is 0. The molecule has 22 heavy (non-hydrogen) atoms. The molecule has 0 radical (unpaired) electrons. The Hall–Kier alpha value is -2.66. The van der Waals surface area contributed by atoms with Crippen molar-refractivity contribution in [1.29, 1.82) is 0 Å². The van der Waals surface area contributed by atoms with Gasteiger partial charge in [0.05, 0.1) is 11.2 Å². The van der Waals surface area contributed by atoms with Crippen molar-refractivity contribution >= 4 is 28.6 Å². The number of aryl methyl sites for hydroxylation is 1. The minimum absolute atomic E-state index is 0.712. The lowest BCUT2D eigenvalue weighted by atomic mass is 10.0. The van der Waals surface area contributed by atoms with Crippen LogP contribution in [-0.4, -0.2) is 21.2 Å². The second-order valence-electron chi connectivity index (χ2n) is 4.58. The fourth-order valence-corrected chi connectivity index (χ4v) is 2.20. The molecular weight excluding hydrogens is 302 g/mol. The Morgan fingerprint density at radius 1 is 1.14 bits per heavy atom. The quantitative estimate of drug-likeness (QED) is 0.713. The van der Waals surface area contributed by atoms with Crippen molar-refractivity contribution in [3.8, 4) is 11.3 Å². The summed E-state index contributed by atoms with van der Waals surface area (Å²) in [5.41, 5.74) is 8.16. The Balaban J connectivity index is 0.000000396. The SMILES string of the molecule is Cc1ccnc(-c2ccnc3ccc(Cl)cc23)c1.NC(=O)O. The molecule has 0 aliphatic heterocycles. The summed E-state index contributed by atoms with van der Waals surface area (Å²) in [4.78, 5) is 17.5. The molecule has 0 saturated heterocycles. The fourth-order valence-electron chi connectivity index (χ4n) is 2.03. The number of hydrogen-bond acceptors (Lipinski definition) is 3. The van der Waals surface area contributed by atoms with Crippen LogP contribution in [0.2, 0.25) is 5.02 Å². The maximum Gasteiger partial charge on any atom is 0.402 e. The molecule has 0 aliphatic rings. The van der Waals surface area contributed by atoms with Gasteiger partial charge in [-0.2, -0.15) is 0 Å². The van der Waals surface area contributed by atoms with Crippen LogP contribution in [0.1, 0.15) is 5.56 Å². The summed E-state index contributed by atoms with van der Waals surface area (Å²) in [6, 6.07) is 11.7. The molecule has 6 heteroatoms. The minimum Gasteiger partial charge on any atom is -0.465 e. The third-order valence-corrected chi connectivity index (χ3v) is 3.13. The van der Waals surface area contributed by atoms with E-state index in [0.717, 1.165) is 22.2 Å². The molecular formula is C16H14ClN3O2. The van der Waals surface area contributed by atoms with E-state index in [1.807, 2.05) is 36.5 Å². The maximum atomic E-state index is 8.78. The predicted octanol–water partition coefficient (Wildman–Crippen LogP) is 3.88. The van der Waals surface area contributed by atoms with Gasteiger partial charge in [0.15, 0.2) is 0 Å². The summed E-state index contributed by atoms with van der Waals surface area (Å²) < 4.78 is 0. The van der Waals surface area contributed by atoms with Crippen LogP contribution in [0.25, 0.3) is 22.2 Å². The van der Waals surface area contributed by atoms with Crippen molar-refractivity contribution < 1.29 is 9.90 Å². The Morgan fingerprint density at radius 2 is 1.82 bits per heavy atom. The molecule has 0 fully saturated rings. The Morgan fingerprint density at radius 3 is 2.50 bits per heavy atom. The van der Waals surface area contributed by atoms with Crippen molar-refractivity contribution in [3.05, 3.63) is 59.4 Å². The smallest absolute Gasteiger partial charge is 0.402 e. The van der Waals surface area contributed by atoms with E-state index in [0.29, 0.717) is 5.02 Å². The molecule has 2 heterocycles. The highest BCUT2D eigenvalue weighted by molar-refractivity contribution is 6.31. The number of primary amides is 1. The highest BCUT2D eigenvalue weighted by Crippen LogP contribution is 2.28. The van der Waals surface area contributed by atoms with Gasteiger partial charge in [0.2, 0.25) is 0 Å². The van der Waals surface area contributed by atoms with E-state index >= 15 is 0 Å².